The van der Waals surface area contributed by atoms with Gasteiger partial charge in [-0.3, -0.25) is 0 Å². The molecule has 0 amide bonds. The molecule has 0 aliphatic heterocycles. The lowest BCUT2D eigenvalue weighted by Gasteiger charge is -2.23. The van der Waals surface area contributed by atoms with Crippen molar-refractivity contribution in [3.8, 4) is 0 Å². The number of hydrogen-bond donors (Lipinski definition) is 2. The summed E-state index contributed by atoms with van der Waals surface area (Å²) in [7, 11) is 0. The molecule has 0 heterocycles. The first-order chi connectivity index (χ1) is 11.5. The van der Waals surface area contributed by atoms with Crippen molar-refractivity contribution in [2.24, 2.45) is 5.92 Å². The Morgan fingerprint density at radius 1 is 0.875 bits per heavy atom. The molecule has 0 aliphatic carbocycles. The van der Waals surface area contributed by atoms with Gasteiger partial charge in [-0.2, -0.15) is 0 Å². The van der Waals surface area contributed by atoms with Crippen LogP contribution in [0.15, 0.2) is 54.6 Å². The van der Waals surface area contributed by atoms with Crippen LogP contribution in [0.25, 0.3) is 0 Å². The van der Waals surface area contributed by atoms with Crippen LogP contribution in [0.5, 0.6) is 0 Å². The van der Waals surface area contributed by atoms with Crippen molar-refractivity contribution in [1.82, 2.24) is 5.32 Å². The van der Waals surface area contributed by atoms with Gasteiger partial charge in [-0.1, -0.05) is 70.2 Å². The molecule has 0 saturated heterocycles. The quantitative estimate of drug-likeness (QED) is 0.642. The molecule has 0 spiro atoms. The Kier molecular flexibility index (Phi) is 6.80. The first-order valence-corrected chi connectivity index (χ1v) is 9.09. The number of rotatable bonds is 6. The van der Waals surface area contributed by atoms with Crippen LogP contribution in [0.2, 0.25) is 0 Å². The van der Waals surface area contributed by atoms with Gasteiger partial charge in [0.15, 0.2) is 5.11 Å². The zero-order valence-corrected chi connectivity index (χ0v) is 15.9. The molecule has 0 saturated carbocycles. The van der Waals surface area contributed by atoms with Gasteiger partial charge in [0.2, 0.25) is 0 Å². The van der Waals surface area contributed by atoms with Crippen molar-refractivity contribution in [2.75, 3.05) is 5.32 Å². The first-order valence-electron chi connectivity index (χ1n) is 8.68. The normalized spacial score (nSPS) is 12.2. The molecule has 1 atom stereocenters. The molecule has 0 radical (unpaired) electrons. The third-order valence-electron chi connectivity index (χ3n) is 4.05. The van der Waals surface area contributed by atoms with E-state index in [9.17, 15) is 0 Å². The molecule has 0 unspecified atom stereocenters. The highest BCUT2D eigenvalue weighted by Gasteiger charge is 2.14. The molecule has 2 nitrogen and oxygen atoms in total. The van der Waals surface area contributed by atoms with Crippen LogP contribution in [0.4, 0.5) is 5.69 Å². The van der Waals surface area contributed by atoms with Crippen LogP contribution in [-0.4, -0.2) is 5.11 Å². The van der Waals surface area contributed by atoms with Crippen LogP contribution in [-0.2, 0) is 0 Å². The van der Waals surface area contributed by atoms with Gasteiger partial charge in [0.25, 0.3) is 0 Å². The maximum atomic E-state index is 5.53. The monoisotopic (exact) mass is 340 g/mol. The molecule has 128 valence electrons. The van der Waals surface area contributed by atoms with Crippen molar-refractivity contribution < 1.29 is 0 Å². The largest absolute Gasteiger partial charge is 0.356 e. The highest BCUT2D eigenvalue weighted by Crippen LogP contribution is 2.22. The second-order valence-electron chi connectivity index (χ2n) is 6.97. The van der Waals surface area contributed by atoms with Crippen molar-refractivity contribution in [1.29, 1.82) is 0 Å². The number of nitrogens with one attached hydrogen (secondary N) is 2. The molecule has 0 aliphatic rings. The Balaban J connectivity index is 2.02. The summed E-state index contributed by atoms with van der Waals surface area (Å²) >= 11 is 5.53. The Hall–Kier alpha value is -1.87. The maximum absolute atomic E-state index is 5.53. The highest BCUT2D eigenvalue weighted by molar-refractivity contribution is 7.80. The summed E-state index contributed by atoms with van der Waals surface area (Å²) in [5.74, 6) is 1.13. The number of anilines is 1. The zero-order chi connectivity index (χ0) is 17.5. The van der Waals surface area contributed by atoms with E-state index in [1.54, 1.807) is 0 Å². The first kappa shape index (κ1) is 18.5. The summed E-state index contributed by atoms with van der Waals surface area (Å²) in [4.78, 5) is 0. The van der Waals surface area contributed by atoms with Crippen LogP contribution < -0.4 is 10.6 Å². The van der Waals surface area contributed by atoms with Crippen molar-refractivity contribution in [3.05, 3.63) is 65.7 Å². The minimum absolute atomic E-state index is 0.223. The average Bonchev–Trinajstić information content (AvgIpc) is 2.55. The molecular formula is C21H28N2S. The predicted molar refractivity (Wildman–Crippen MR) is 109 cm³/mol. The highest BCUT2D eigenvalue weighted by atomic mass is 32.1. The Labute approximate surface area is 151 Å². The Morgan fingerprint density at radius 2 is 1.50 bits per heavy atom. The predicted octanol–water partition coefficient (Wildman–Crippen LogP) is 5.88. The lowest BCUT2D eigenvalue weighted by molar-refractivity contribution is 0.481. The Bertz CT molecular complexity index is 633. The van der Waals surface area contributed by atoms with Crippen molar-refractivity contribution >= 4 is 23.0 Å². The molecule has 2 N–H and O–H groups in total. The molecule has 24 heavy (non-hydrogen) atoms. The summed E-state index contributed by atoms with van der Waals surface area (Å²) in [6, 6.07) is 19.2. The third kappa shape index (κ3) is 5.64. The van der Waals surface area contributed by atoms with Gasteiger partial charge in [0, 0.05) is 5.69 Å². The molecular weight excluding hydrogens is 312 g/mol. The fourth-order valence-corrected chi connectivity index (χ4v) is 2.97. The molecule has 2 aromatic rings. The molecule has 0 aromatic heterocycles. The van der Waals surface area contributed by atoms with Crippen LogP contribution in [0, 0.1) is 5.92 Å². The van der Waals surface area contributed by atoms with Gasteiger partial charge in [0.1, 0.15) is 0 Å². The van der Waals surface area contributed by atoms with E-state index in [2.05, 4.69) is 86.9 Å². The fourth-order valence-electron chi connectivity index (χ4n) is 2.71. The molecule has 2 aromatic carbocycles. The fraction of sp³-hybridized carbons (Fsp3) is 0.381. The smallest absolute Gasteiger partial charge is 0.171 e. The zero-order valence-electron chi connectivity index (χ0n) is 15.0. The molecule has 0 bridgehead atoms. The average molecular weight is 341 g/mol. The van der Waals surface area contributed by atoms with Gasteiger partial charge in [-0.05, 0) is 53.7 Å². The van der Waals surface area contributed by atoms with Gasteiger partial charge in [-0.25, -0.2) is 0 Å². The standard InChI is InChI=1S/C21H28N2S/c1-15(2)14-20(18-8-6-5-7-9-18)23-21(24)22-19-12-10-17(11-13-19)16(3)4/h5-13,15-16,20H,14H2,1-4H3,(H2,22,23,24)/t20-/m0/s1. The topological polar surface area (TPSA) is 24.1 Å². The van der Waals surface area contributed by atoms with Gasteiger partial charge in [0.05, 0.1) is 6.04 Å². The van der Waals surface area contributed by atoms with Crippen molar-refractivity contribution in [2.45, 2.75) is 46.1 Å². The second kappa shape index (κ2) is 8.84. The summed E-state index contributed by atoms with van der Waals surface area (Å²) in [6.07, 6.45) is 1.04. The van der Waals surface area contributed by atoms with E-state index in [0.717, 1.165) is 12.1 Å². The van der Waals surface area contributed by atoms with Gasteiger partial charge < -0.3 is 10.6 Å². The van der Waals surface area contributed by atoms with Gasteiger partial charge in [-0.15, -0.1) is 0 Å². The van der Waals surface area contributed by atoms with Crippen LogP contribution in [0.3, 0.4) is 0 Å². The van der Waals surface area contributed by atoms with E-state index in [1.165, 1.54) is 11.1 Å². The van der Waals surface area contributed by atoms with E-state index < -0.39 is 0 Å². The summed E-state index contributed by atoms with van der Waals surface area (Å²) in [5.41, 5.74) is 3.63. The number of thiocarbonyl (C=S) groups is 1. The second-order valence-corrected chi connectivity index (χ2v) is 7.38. The third-order valence-corrected chi connectivity index (χ3v) is 4.27. The van der Waals surface area contributed by atoms with E-state index in [1.807, 2.05) is 6.07 Å². The number of benzene rings is 2. The maximum Gasteiger partial charge on any atom is 0.171 e. The molecule has 0 fully saturated rings. The van der Waals surface area contributed by atoms with E-state index in [0.29, 0.717) is 16.9 Å². The minimum Gasteiger partial charge on any atom is -0.356 e. The molecule has 3 heteroatoms. The summed E-state index contributed by atoms with van der Waals surface area (Å²) < 4.78 is 0. The Morgan fingerprint density at radius 3 is 2.04 bits per heavy atom. The lowest BCUT2D eigenvalue weighted by atomic mass is 9.97. The van der Waals surface area contributed by atoms with Crippen LogP contribution in [0.1, 0.15) is 57.2 Å². The summed E-state index contributed by atoms with van der Waals surface area (Å²) in [5, 5.41) is 7.44. The van der Waals surface area contributed by atoms with E-state index in [4.69, 9.17) is 12.2 Å². The minimum atomic E-state index is 0.223. The van der Waals surface area contributed by atoms with Crippen LogP contribution >= 0.6 is 12.2 Å². The van der Waals surface area contributed by atoms with E-state index in [-0.39, 0.29) is 6.04 Å². The lowest BCUT2D eigenvalue weighted by Crippen LogP contribution is -2.33. The van der Waals surface area contributed by atoms with Gasteiger partial charge >= 0.3 is 0 Å². The molecule has 2 rings (SSSR count). The summed E-state index contributed by atoms with van der Waals surface area (Å²) in [6.45, 7) is 8.87. The van der Waals surface area contributed by atoms with E-state index >= 15 is 0 Å². The number of hydrogen-bond acceptors (Lipinski definition) is 1. The van der Waals surface area contributed by atoms with Crippen molar-refractivity contribution in [3.63, 3.8) is 0 Å². The SMILES string of the molecule is CC(C)C[C@H](NC(=S)Nc1ccc(C(C)C)cc1)c1ccccc1.